The number of hydrogen-bond donors (Lipinski definition) is 2. The van der Waals surface area contributed by atoms with Crippen LogP contribution >= 0.6 is 25.0 Å². The van der Waals surface area contributed by atoms with E-state index in [1.54, 1.807) is 0 Å². The first-order chi connectivity index (χ1) is 10.6. The topological polar surface area (TPSA) is 26.0 Å². The maximum atomic E-state index is 6.84. The van der Waals surface area contributed by atoms with Crippen LogP contribution in [0.4, 0.5) is 0 Å². The average molecular weight is 366 g/mol. The molecule has 0 aromatic rings. The Labute approximate surface area is 158 Å². The molecule has 1 nitrogen and oxygen atoms in total. The minimum Gasteiger partial charge on any atom is -0.325 e. The molecule has 1 unspecified atom stereocenters. The number of thiol groups is 1. The van der Waals surface area contributed by atoms with Crippen LogP contribution in [0.15, 0.2) is 0 Å². The fourth-order valence-electron chi connectivity index (χ4n) is 3.92. The van der Waals surface area contributed by atoms with E-state index in [1.807, 2.05) is 0 Å². The Bertz CT molecular complexity index is 230. The number of nitrogens with two attached hydrogens (primary N) is 1. The minimum absolute atomic E-state index is 0. The average Bonchev–Trinajstić information content (AvgIpc) is 2.49. The summed E-state index contributed by atoms with van der Waals surface area (Å²) in [6, 6.07) is 0. The summed E-state index contributed by atoms with van der Waals surface area (Å²) in [5, 5.41) is 0. The molecule has 2 N–H and O–H groups in total. The first-order valence-electron chi connectivity index (χ1n) is 10.0. The number of hydrogen-bond acceptors (Lipinski definition) is 2. The molecule has 0 fully saturated rings. The highest BCUT2D eigenvalue weighted by Gasteiger charge is 2.31. The van der Waals surface area contributed by atoms with E-state index in [0.717, 1.165) is 11.7 Å². The van der Waals surface area contributed by atoms with Crippen molar-refractivity contribution in [2.75, 3.05) is 5.75 Å². The molecule has 23 heavy (non-hydrogen) atoms. The lowest BCUT2D eigenvalue weighted by Crippen LogP contribution is -2.47. The van der Waals surface area contributed by atoms with Crippen LogP contribution in [0.5, 0.6) is 0 Å². The summed E-state index contributed by atoms with van der Waals surface area (Å²) in [5.41, 5.74) is 6.94. The van der Waals surface area contributed by atoms with Gasteiger partial charge in [-0.25, -0.2) is 0 Å². The van der Waals surface area contributed by atoms with Crippen LogP contribution < -0.4 is 5.73 Å². The fraction of sp³-hybridized carbons (Fsp3) is 1.00. The Kier molecular flexibility index (Phi) is 19.6. The lowest BCUT2D eigenvalue weighted by molar-refractivity contribution is 0.200. The number of unbranched alkanes of at least 4 members (excludes halogenated alkanes) is 6. The van der Waals surface area contributed by atoms with Gasteiger partial charge in [0.1, 0.15) is 0 Å². The van der Waals surface area contributed by atoms with E-state index in [1.165, 1.54) is 89.9 Å². The summed E-state index contributed by atoms with van der Waals surface area (Å²) in [7, 11) is 0. The van der Waals surface area contributed by atoms with Gasteiger partial charge in [0.05, 0.1) is 0 Å². The molecule has 0 heterocycles. The van der Waals surface area contributed by atoms with Crippen LogP contribution in [0.1, 0.15) is 111 Å². The van der Waals surface area contributed by atoms with Crippen molar-refractivity contribution in [3.63, 3.8) is 0 Å². The van der Waals surface area contributed by atoms with E-state index in [2.05, 4.69) is 33.4 Å². The van der Waals surface area contributed by atoms with E-state index in [9.17, 15) is 0 Å². The predicted octanol–water partition coefficient (Wildman–Crippen LogP) is 7.17. The SMILES string of the molecule is CCCC(CCCCCCCCCS)C(N)(CCC)CCC.Cl. The Morgan fingerprint density at radius 2 is 1.22 bits per heavy atom. The Morgan fingerprint density at radius 1 is 0.739 bits per heavy atom. The zero-order valence-electron chi connectivity index (χ0n) is 16.1. The normalized spacial score (nSPS) is 12.9. The van der Waals surface area contributed by atoms with Crippen LogP contribution in [-0.2, 0) is 0 Å². The lowest BCUT2D eigenvalue weighted by atomic mass is 9.73. The molecule has 3 heteroatoms. The molecule has 0 aromatic heterocycles. The van der Waals surface area contributed by atoms with E-state index < -0.39 is 0 Å². The zero-order valence-corrected chi connectivity index (χ0v) is 17.8. The van der Waals surface area contributed by atoms with Gasteiger partial charge in [0, 0.05) is 5.54 Å². The Morgan fingerprint density at radius 3 is 1.65 bits per heavy atom. The quantitative estimate of drug-likeness (QED) is 0.220. The highest BCUT2D eigenvalue weighted by molar-refractivity contribution is 7.80. The molecule has 1 atom stereocenters. The van der Waals surface area contributed by atoms with Crippen molar-refractivity contribution in [3.8, 4) is 0 Å². The summed E-state index contributed by atoms with van der Waals surface area (Å²) in [5.74, 6) is 1.79. The molecule has 142 valence electrons. The van der Waals surface area contributed by atoms with E-state index >= 15 is 0 Å². The smallest absolute Gasteiger partial charge is 0.0182 e. The third-order valence-corrected chi connectivity index (χ3v) is 5.41. The van der Waals surface area contributed by atoms with Crippen LogP contribution in [0.25, 0.3) is 0 Å². The maximum absolute atomic E-state index is 6.84. The monoisotopic (exact) mass is 365 g/mol. The molecule has 0 spiro atoms. The van der Waals surface area contributed by atoms with Gasteiger partial charge < -0.3 is 5.73 Å². The molecule has 0 radical (unpaired) electrons. The number of halogens is 1. The van der Waals surface area contributed by atoms with Crippen molar-refractivity contribution in [2.24, 2.45) is 11.7 Å². The zero-order chi connectivity index (χ0) is 16.7. The predicted molar refractivity (Wildman–Crippen MR) is 113 cm³/mol. The Balaban J connectivity index is 0. The fourth-order valence-corrected chi connectivity index (χ4v) is 4.14. The molecule has 0 saturated carbocycles. The third-order valence-electron chi connectivity index (χ3n) is 5.09. The summed E-state index contributed by atoms with van der Waals surface area (Å²) < 4.78 is 0. The van der Waals surface area contributed by atoms with Gasteiger partial charge in [0.25, 0.3) is 0 Å². The second-order valence-electron chi connectivity index (χ2n) is 7.21. The van der Waals surface area contributed by atoms with E-state index in [-0.39, 0.29) is 17.9 Å². The van der Waals surface area contributed by atoms with Crippen LogP contribution in [-0.4, -0.2) is 11.3 Å². The van der Waals surface area contributed by atoms with E-state index in [0.29, 0.717) is 0 Å². The van der Waals surface area contributed by atoms with Gasteiger partial charge in [0.2, 0.25) is 0 Å². The van der Waals surface area contributed by atoms with Crippen LogP contribution in [0.2, 0.25) is 0 Å². The lowest BCUT2D eigenvalue weighted by Gasteiger charge is -2.38. The Hall–Kier alpha value is 0.600. The van der Waals surface area contributed by atoms with Gasteiger partial charge in [-0.3, -0.25) is 0 Å². The summed E-state index contributed by atoms with van der Waals surface area (Å²) >= 11 is 4.27. The van der Waals surface area contributed by atoms with Crippen molar-refractivity contribution in [1.29, 1.82) is 0 Å². The molecule has 0 rings (SSSR count). The van der Waals surface area contributed by atoms with Gasteiger partial charge >= 0.3 is 0 Å². The highest BCUT2D eigenvalue weighted by Crippen LogP contribution is 2.33. The first kappa shape index (κ1) is 25.8. The second-order valence-corrected chi connectivity index (χ2v) is 7.65. The van der Waals surface area contributed by atoms with Gasteiger partial charge in [0.15, 0.2) is 0 Å². The molecule has 0 aromatic carbocycles. The van der Waals surface area contributed by atoms with Gasteiger partial charge in [-0.05, 0) is 43.8 Å². The molecular weight excluding hydrogens is 322 g/mol. The van der Waals surface area contributed by atoms with Crippen molar-refractivity contribution in [3.05, 3.63) is 0 Å². The highest BCUT2D eigenvalue weighted by atomic mass is 35.5. The molecule has 0 amide bonds. The molecule has 0 saturated heterocycles. The van der Waals surface area contributed by atoms with Gasteiger partial charge in [-0.2, -0.15) is 12.6 Å². The minimum atomic E-state index is 0. The number of rotatable bonds is 16. The van der Waals surface area contributed by atoms with Gasteiger partial charge in [-0.1, -0.05) is 78.6 Å². The van der Waals surface area contributed by atoms with Crippen LogP contribution in [0.3, 0.4) is 0 Å². The second kappa shape index (κ2) is 17.4. The summed E-state index contributed by atoms with van der Waals surface area (Å²) in [6.45, 7) is 6.88. The van der Waals surface area contributed by atoms with Crippen molar-refractivity contribution >= 4 is 25.0 Å². The van der Waals surface area contributed by atoms with Crippen molar-refractivity contribution < 1.29 is 0 Å². The van der Waals surface area contributed by atoms with Gasteiger partial charge in [-0.15, -0.1) is 12.4 Å². The maximum Gasteiger partial charge on any atom is 0.0182 e. The third kappa shape index (κ3) is 12.6. The molecule has 0 aliphatic rings. The molecule has 0 bridgehead atoms. The van der Waals surface area contributed by atoms with Crippen molar-refractivity contribution in [2.45, 2.75) is 116 Å². The summed E-state index contributed by atoms with van der Waals surface area (Å²) in [6.07, 6.45) is 18.4. The largest absolute Gasteiger partial charge is 0.325 e. The molecular formula is C20H44ClNS. The molecule has 0 aliphatic carbocycles. The van der Waals surface area contributed by atoms with E-state index in [4.69, 9.17) is 5.73 Å². The summed E-state index contributed by atoms with van der Waals surface area (Å²) in [4.78, 5) is 0. The standard InChI is InChI=1S/C20H43NS.ClH/c1-4-14-19(20(21,16-5-2)17-6-3)15-12-10-8-7-9-11-13-18-22;/h19,22H,4-18,21H2,1-3H3;1H. The first-order valence-corrected chi connectivity index (χ1v) is 10.7. The molecule has 0 aliphatic heterocycles. The van der Waals surface area contributed by atoms with Crippen molar-refractivity contribution in [1.82, 2.24) is 0 Å². The van der Waals surface area contributed by atoms with Crippen LogP contribution in [0, 0.1) is 5.92 Å².